The van der Waals surface area contributed by atoms with E-state index in [1.54, 1.807) is 12.1 Å². The predicted molar refractivity (Wildman–Crippen MR) is 216 cm³/mol. The van der Waals surface area contributed by atoms with Gasteiger partial charge in [0.15, 0.2) is 0 Å². The van der Waals surface area contributed by atoms with Crippen molar-refractivity contribution in [3.05, 3.63) is 129 Å². The van der Waals surface area contributed by atoms with Gasteiger partial charge in [-0.3, -0.25) is 39.1 Å². The minimum Gasteiger partial charge on any atom is -0.508 e. The number of aryl methyl sites for hydroxylation is 1. The number of hydrogen-bond acceptors (Lipinski definition) is 8. The summed E-state index contributed by atoms with van der Waals surface area (Å²) in [5, 5.41) is 12.5. The molecule has 3 fully saturated rings. The maximum Gasteiger partial charge on any atom is 0.262 e. The summed E-state index contributed by atoms with van der Waals surface area (Å²) < 4.78 is 0. The largest absolute Gasteiger partial charge is 0.508 e. The number of likely N-dealkylation sites (tertiary alicyclic amines) is 1. The molecule has 1 aliphatic carbocycles. The lowest BCUT2D eigenvalue weighted by molar-refractivity contribution is -0.143. The zero-order chi connectivity index (χ0) is 39.7. The van der Waals surface area contributed by atoms with Crippen LogP contribution in [0.25, 0.3) is 0 Å². The zero-order valence-electron chi connectivity index (χ0n) is 32.4. The maximum absolute atomic E-state index is 13.6. The quantitative estimate of drug-likeness (QED) is 0.241. The van der Waals surface area contributed by atoms with E-state index in [1.807, 2.05) is 17.0 Å². The van der Waals surface area contributed by atoms with Crippen molar-refractivity contribution in [1.82, 2.24) is 20.0 Å². The molecule has 11 heteroatoms. The van der Waals surface area contributed by atoms with Gasteiger partial charge in [-0.1, -0.05) is 48.5 Å². The fourth-order valence-electron chi connectivity index (χ4n) is 10.6. The van der Waals surface area contributed by atoms with Crippen molar-refractivity contribution in [3.63, 3.8) is 0 Å². The SMILES string of the molecule is O=C1CC[C@@H](N2C(=O)c3cc4c(cc3C2=O)CN(CC2CN(C(=O)C3CCN(c5ccc([C@@H]6c7ccc(O)cc7CC[C@@H]6c6ccccc6)cc5)CC3)C2)C4)C(=O)N1. The van der Waals surface area contributed by atoms with Crippen molar-refractivity contribution in [3.8, 4) is 5.75 Å². The molecular formula is C47H47N5O6. The van der Waals surface area contributed by atoms with Crippen LogP contribution in [0.15, 0.2) is 84.9 Å². The zero-order valence-corrected chi connectivity index (χ0v) is 32.4. The minimum absolute atomic E-state index is 0.0338. The van der Waals surface area contributed by atoms with Crippen molar-refractivity contribution in [2.24, 2.45) is 11.8 Å². The molecule has 0 aromatic heterocycles. The van der Waals surface area contributed by atoms with Gasteiger partial charge in [0.25, 0.3) is 11.8 Å². The Balaban J connectivity index is 0.717. The second-order valence-electron chi connectivity index (χ2n) is 17.2. The highest BCUT2D eigenvalue weighted by Crippen LogP contribution is 2.47. The number of carbonyl (C=O) groups excluding carboxylic acids is 5. The van der Waals surface area contributed by atoms with Gasteiger partial charge in [-0.25, -0.2) is 0 Å². The van der Waals surface area contributed by atoms with Gasteiger partial charge < -0.3 is 14.9 Å². The van der Waals surface area contributed by atoms with Gasteiger partial charge in [0.1, 0.15) is 11.8 Å². The van der Waals surface area contributed by atoms with E-state index in [-0.39, 0.29) is 30.6 Å². The standard InChI is InChI=1S/C47H47N5O6/c53-36-11-13-38-32(20-36)8-12-37(29-4-2-1-3-5-29)43(38)30-6-9-35(10-7-30)50-18-16-31(17-19-50)45(56)51-24-28(25-51)23-49-26-33-21-39-40(22-34(33)27-49)47(58)52(46(39)57)41-14-15-42(54)48-44(41)55/h1-7,9-11,13,20-22,28,31,37,41,43,53H,8,12,14-19,23-27H2,(H,48,54,55)/t37-,41-,43+/m1/s1. The van der Waals surface area contributed by atoms with Gasteiger partial charge >= 0.3 is 0 Å². The molecule has 0 radical (unpaired) electrons. The van der Waals surface area contributed by atoms with Crippen molar-refractivity contribution in [1.29, 1.82) is 0 Å². The van der Waals surface area contributed by atoms with Gasteiger partial charge in [-0.15, -0.1) is 0 Å². The Kier molecular flexibility index (Phi) is 9.15. The first-order chi connectivity index (χ1) is 28.2. The van der Waals surface area contributed by atoms with Crippen LogP contribution in [0.3, 0.4) is 0 Å². The number of amides is 5. The molecule has 5 amide bonds. The Morgan fingerprint density at radius 3 is 2.09 bits per heavy atom. The molecule has 296 valence electrons. The minimum atomic E-state index is -0.969. The van der Waals surface area contributed by atoms with Crippen LogP contribution in [0.1, 0.15) is 98.0 Å². The first kappa shape index (κ1) is 36.5. The highest BCUT2D eigenvalue weighted by atomic mass is 16.3. The maximum atomic E-state index is 13.6. The van der Waals surface area contributed by atoms with Crippen molar-refractivity contribution < 1.29 is 29.1 Å². The summed E-state index contributed by atoms with van der Waals surface area (Å²) in [6.07, 6.45) is 3.88. The third kappa shape index (κ3) is 6.45. The van der Waals surface area contributed by atoms with Gasteiger partial charge in [-0.2, -0.15) is 0 Å². The molecule has 4 aromatic carbocycles. The molecule has 0 saturated carbocycles. The van der Waals surface area contributed by atoms with Crippen molar-refractivity contribution in [2.75, 3.05) is 37.6 Å². The molecule has 4 aromatic rings. The molecule has 5 aliphatic heterocycles. The molecule has 0 spiro atoms. The summed E-state index contributed by atoms with van der Waals surface area (Å²) in [6, 6.07) is 28.3. The summed E-state index contributed by atoms with van der Waals surface area (Å²) in [4.78, 5) is 72.0. The Labute approximate surface area is 337 Å². The summed E-state index contributed by atoms with van der Waals surface area (Å²) in [6.45, 7) is 5.35. The molecule has 2 N–H and O–H groups in total. The third-order valence-corrected chi connectivity index (χ3v) is 13.6. The van der Waals surface area contributed by atoms with Crippen LogP contribution in [-0.4, -0.2) is 88.1 Å². The molecule has 0 unspecified atom stereocenters. The van der Waals surface area contributed by atoms with Crippen LogP contribution < -0.4 is 10.2 Å². The predicted octanol–water partition coefficient (Wildman–Crippen LogP) is 5.35. The summed E-state index contributed by atoms with van der Waals surface area (Å²) in [5.41, 5.74) is 9.01. The van der Waals surface area contributed by atoms with Crippen LogP contribution >= 0.6 is 0 Å². The van der Waals surface area contributed by atoms with Gasteiger partial charge in [0, 0.05) is 75.7 Å². The first-order valence-corrected chi connectivity index (χ1v) is 20.8. The Morgan fingerprint density at radius 1 is 0.724 bits per heavy atom. The van der Waals surface area contributed by atoms with E-state index in [0.29, 0.717) is 41.8 Å². The van der Waals surface area contributed by atoms with E-state index in [0.717, 1.165) is 74.4 Å². The molecule has 3 saturated heterocycles. The number of rotatable bonds is 7. The van der Waals surface area contributed by atoms with E-state index in [9.17, 15) is 29.1 Å². The average Bonchev–Trinajstić information content (AvgIpc) is 3.73. The monoisotopic (exact) mass is 777 g/mol. The van der Waals surface area contributed by atoms with Crippen LogP contribution in [0.5, 0.6) is 5.75 Å². The number of carbonyl (C=O) groups is 5. The number of piperidine rings is 2. The van der Waals surface area contributed by atoms with Gasteiger partial charge in [0.2, 0.25) is 17.7 Å². The lowest BCUT2D eigenvalue weighted by atomic mass is 9.69. The fraction of sp³-hybridized carbons (Fsp3) is 0.383. The normalized spacial score (nSPS) is 23.7. The van der Waals surface area contributed by atoms with Crippen molar-refractivity contribution >= 4 is 35.2 Å². The Morgan fingerprint density at radius 2 is 1.41 bits per heavy atom. The van der Waals surface area contributed by atoms with Crippen LogP contribution in [0.2, 0.25) is 0 Å². The Hall–Kier alpha value is -5.81. The smallest absolute Gasteiger partial charge is 0.262 e. The van der Waals surface area contributed by atoms with Gasteiger partial charge in [0.05, 0.1) is 11.1 Å². The number of phenolic OH excluding ortho intramolecular Hbond substituents is 1. The van der Waals surface area contributed by atoms with Crippen LogP contribution in [0.4, 0.5) is 5.69 Å². The second-order valence-corrected chi connectivity index (χ2v) is 17.2. The first-order valence-electron chi connectivity index (χ1n) is 20.8. The molecular weight excluding hydrogens is 731 g/mol. The highest BCUT2D eigenvalue weighted by molar-refractivity contribution is 6.23. The average molecular weight is 778 g/mol. The van der Waals surface area contributed by atoms with E-state index < -0.39 is 29.7 Å². The second kappa shape index (κ2) is 14.5. The molecule has 6 aliphatic rings. The van der Waals surface area contributed by atoms with E-state index in [2.05, 4.69) is 75.8 Å². The molecule has 11 nitrogen and oxygen atoms in total. The number of hydrogen-bond donors (Lipinski definition) is 2. The number of benzene rings is 4. The number of anilines is 1. The number of aromatic hydroxyl groups is 1. The van der Waals surface area contributed by atoms with E-state index in [4.69, 9.17) is 0 Å². The fourth-order valence-corrected chi connectivity index (χ4v) is 10.6. The topological polar surface area (TPSA) is 131 Å². The summed E-state index contributed by atoms with van der Waals surface area (Å²) >= 11 is 0. The van der Waals surface area contributed by atoms with E-state index >= 15 is 0 Å². The summed E-state index contributed by atoms with van der Waals surface area (Å²) in [5.74, 6) is -0.385. The number of nitrogens with zero attached hydrogens (tertiary/aromatic N) is 4. The van der Waals surface area contributed by atoms with E-state index in [1.165, 1.54) is 27.9 Å². The number of nitrogens with one attached hydrogen (secondary N) is 1. The molecule has 58 heavy (non-hydrogen) atoms. The van der Waals surface area contributed by atoms with Crippen molar-refractivity contribution in [2.45, 2.75) is 69.5 Å². The van der Waals surface area contributed by atoms with Crippen LogP contribution in [0, 0.1) is 11.8 Å². The lowest BCUT2D eigenvalue weighted by Crippen LogP contribution is -2.55. The molecule has 0 bridgehead atoms. The number of imide groups is 2. The van der Waals surface area contributed by atoms with Gasteiger partial charge in [-0.05, 0) is 108 Å². The Bertz CT molecular complexity index is 2290. The number of phenols is 1. The molecule has 5 heterocycles. The highest BCUT2D eigenvalue weighted by Gasteiger charge is 2.46. The number of fused-ring (bicyclic) bond motifs is 3. The molecule has 10 rings (SSSR count). The third-order valence-electron chi connectivity index (χ3n) is 13.6. The molecule has 3 atom stereocenters. The van der Waals surface area contributed by atoms with Crippen LogP contribution in [-0.2, 0) is 33.9 Å². The summed E-state index contributed by atoms with van der Waals surface area (Å²) in [7, 11) is 0. The lowest BCUT2D eigenvalue weighted by Gasteiger charge is -2.44.